The highest BCUT2D eigenvalue weighted by Crippen LogP contribution is 2.33. The minimum absolute atomic E-state index is 0.487. The van der Waals surface area contributed by atoms with Gasteiger partial charge in [0.1, 0.15) is 12.1 Å². The average Bonchev–Trinajstić information content (AvgIpc) is 2.43. The number of nitrogens with zero attached hydrogens (tertiary/aromatic N) is 2. The molecule has 3 rings (SSSR count). The van der Waals surface area contributed by atoms with Crippen molar-refractivity contribution in [1.29, 1.82) is 0 Å². The van der Waals surface area contributed by atoms with Gasteiger partial charge in [-0.1, -0.05) is 11.6 Å². The SMILES string of the molecule is Cc1cc(Cl)cc(C)c1Oc1ncnc2ccc(N)cc12. The van der Waals surface area contributed by atoms with E-state index in [0.717, 1.165) is 27.8 Å². The maximum Gasteiger partial charge on any atom is 0.230 e. The zero-order valence-corrected chi connectivity index (χ0v) is 12.5. The monoisotopic (exact) mass is 299 g/mol. The van der Waals surface area contributed by atoms with Gasteiger partial charge < -0.3 is 10.5 Å². The summed E-state index contributed by atoms with van der Waals surface area (Å²) in [7, 11) is 0. The van der Waals surface area contributed by atoms with Crippen molar-refractivity contribution in [3.8, 4) is 11.6 Å². The number of hydrogen-bond donors (Lipinski definition) is 1. The summed E-state index contributed by atoms with van der Waals surface area (Å²) in [4.78, 5) is 8.44. The number of rotatable bonds is 2. The molecule has 0 radical (unpaired) electrons. The predicted molar refractivity (Wildman–Crippen MR) is 85.0 cm³/mol. The second kappa shape index (κ2) is 5.22. The Hall–Kier alpha value is -2.33. The van der Waals surface area contributed by atoms with Crippen LogP contribution < -0.4 is 10.5 Å². The Morgan fingerprint density at radius 2 is 1.76 bits per heavy atom. The lowest BCUT2D eigenvalue weighted by molar-refractivity contribution is 0.461. The second-order valence-corrected chi connectivity index (χ2v) is 5.36. The van der Waals surface area contributed by atoms with E-state index in [4.69, 9.17) is 22.1 Å². The lowest BCUT2D eigenvalue weighted by Gasteiger charge is -2.13. The minimum Gasteiger partial charge on any atom is -0.438 e. The van der Waals surface area contributed by atoms with E-state index in [-0.39, 0.29) is 0 Å². The Labute approximate surface area is 127 Å². The van der Waals surface area contributed by atoms with E-state index in [9.17, 15) is 0 Å². The maximum atomic E-state index is 6.04. The number of nitrogens with two attached hydrogens (primary N) is 1. The highest BCUT2D eigenvalue weighted by Gasteiger charge is 2.11. The lowest BCUT2D eigenvalue weighted by atomic mass is 10.1. The molecule has 0 saturated heterocycles. The van der Waals surface area contributed by atoms with Gasteiger partial charge in [0.15, 0.2) is 0 Å². The van der Waals surface area contributed by atoms with Crippen LogP contribution in [0.2, 0.25) is 5.02 Å². The fourth-order valence-electron chi connectivity index (χ4n) is 2.29. The number of nitrogen functional groups attached to an aromatic ring is 1. The molecule has 0 atom stereocenters. The largest absolute Gasteiger partial charge is 0.438 e. The minimum atomic E-state index is 0.487. The predicted octanol–water partition coefficient (Wildman–Crippen LogP) is 4.27. The smallest absolute Gasteiger partial charge is 0.230 e. The van der Waals surface area contributed by atoms with Gasteiger partial charge in [-0.05, 0) is 55.3 Å². The molecule has 2 N–H and O–H groups in total. The van der Waals surface area contributed by atoms with E-state index in [1.165, 1.54) is 6.33 Å². The summed E-state index contributed by atoms with van der Waals surface area (Å²) in [6.07, 6.45) is 1.48. The lowest BCUT2D eigenvalue weighted by Crippen LogP contribution is -1.96. The molecule has 21 heavy (non-hydrogen) atoms. The van der Waals surface area contributed by atoms with Crippen LogP contribution in [0.1, 0.15) is 11.1 Å². The quantitative estimate of drug-likeness (QED) is 0.718. The molecule has 106 valence electrons. The molecule has 5 heteroatoms. The van der Waals surface area contributed by atoms with Gasteiger partial charge in [0.25, 0.3) is 0 Å². The van der Waals surface area contributed by atoms with E-state index in [1.807, 2.05) is 38.1 Å². The van der Waals surface area contributed by atoms with Crippen LogP contribution in [0.4, 0.5) is 5.69 Å². The van der Waals surface area contributed by atoms with Gasteiger partial charge in [0.05, 0.1) is 10.9 Å². The van der Waals surface area contributed by atoms with Crippen molar-refractivity contribution < 1.29 is 4.74 Å². The Kier molecular flexibility index (Phi) is 3.39. The third-order valence-corrected chi connectivity index (χ3v) is 3.46. The van der Waals surface area contributed by atoms with E-state index in [0.29, 0.717) is 16.6 Å². The molecule has 0 aliphatic heterocycles. The van der Waals surface area contributed by atoms with Crippen molar-refractivity contribution >= 4 is 28.2 Å². The molecule has 4 nitrogen and oxygen atoms in total. The molecule has 1 heterocycles. The van der Waals surface area contributed by atoms with Gasteiger partial charge in [-0.2, -0.15) is 0 Å². The number of aryl methyl sites for hydroxylation is 2. The molecular weight excluding hydrogens is 286 g/mol. The molecule has 0 unspecified atom stereocenters. The first kappa shape index (κ1) is 13.6. The van der Waals surface area contributed by atoms with Gasteiger partial charge in [-0.25, -0.2) is 9.97 Å². The summed E-state index contributed by atoms with van der Waals surface area (Å²) in [5, 5.41) is 1.47. The average molecular weight is 300 g/mol. The van der Waals surface area contributed by atoms with Gasteiger partial charge in [0, 0.05) is 10.7 Å². The fourth-order valence-corrected chi connectivity index (χ4v) is 2.61. The van der Waals surface area contributed by atoms with Crippen molar-refractivity contribution in [2.45, 2.75) is 13.8 Å². The number of benzene rings is 2. The van der Waals surface area contributed by atoms with Crippen molar-refractivity contribution in [2.75, 3.05) is 5.73 Å². The van der Waals surface area contributed by atoms with Crippen molar-refractivity contribution in [3.05, 3.63) is 52.8 Å². The third-order valence-electron chi connectivity index (χ3n) is 3.25. The van der Waals surface area contributed by atoms with Crippen LogP contribution in [-0.4, -0.2) is 9.97 Å². The number of ether oxygens (including phenoxy) is 1. The van der Waals surface area contributed by atoms with Gasteiger partial charge >= 0.3 is 0 Å². The zero-order valence-electron chi connectivity index (χ0n) is 11.7. The first-order valence-electron chi connectivity index (χ1n) is 6.49. The molecule has 2 aromatic carbocycles. The van der Waals surface area contributed by atoms with Crippen molar-refractivity contribution in [2.24, 2.45) is 0 Å². The Balaban J connectivity index is 2.12. The standard InChI is InChI=1S/C16H14ClN3O/c1-9-5-11(17)6-10(2)15(9)21-16-13-7-12(18)3-4-14(13)19-8-20-16/h3-8H,18H2,1-2H3. The molecule has 0 saturated carbocycles. The van der Waals surface area contributed by atoms with E-state index < -0.39 is 0 Å². The number of halogens is 1. The Morgan fingerprint density at radius 1 is 1.05 bits per heavy atom. The topological polar surface area (TPSA) is 61.0 Å². The number of hydrogen-bond acceptors (Lipinski definition) is 4. The Morgan fingerprint density at radius 3 is 2.48 bits per heavy atom. The second-order valence-electron chi connectivity index (χ2n) is 4.93. The molecular formula is C16H14ClN3O. The van der Waals surface area contributed by atoms with Crippen molar-refractivity contribution in [1.82, 2.24) is 9.97 Å². The first-order valence-corrected chi connectivity index (χ1v) is 6.87. The highest BCUT2D eigenvalue weighted by atomic mass is 35.5. The molecule has 0 bridgehead atoms. The molecule has 0 spiro atoms. The molecule has 0 amide bonds. The summed E-state index contributed by atoms with van der Waals surface area (Å²) >= 11 is 6.04. The normalized spacial score (nSPS) is 10.8. The van der Waals surface area contributed by atoms with Crippen LogP contribution >= 0.6 is 11.6 Å². The molecule has 3 aromatic rings. The van der Waals surface area contributed by atoms with Crippen LogP contribution in [0.15, 0.2) is 36.7 Å². The maximum absolute atomic E-state index is 6.04. The molecule has 1 aromatic heterocycles. The third kappa shape index (κ3) is 2.62. The van der Waals surface area contributed by atoms with Gasteiger partial charge in [-0.15, -0.1) is 0 Å². The summed E-state index contributed by atoms with van der Waals surface area (Å²) in [5.74, 6) is 1.24. The van der Waals surface area contributed by atoms with Crippen LogP contribution in [0.25, 0.3) is 10.9 Å². The number of aromatic nitrogens is 2. The summed E-state index contributed by atoms with van der Waals surface area (Å²) in [6, 6.07) is 9.19. The molecule has 0 aliphatic rings. The van der Waals surface area contributed by atoms with Crippen LogP contribution in [0.5, 0.6) is 11.6 Å². The first-order chi connectivity index (χ1) is 10.0. The summed E-state index contributed by atoms with van der Waals surface area (Å²) in [6.45, 7) is 3.90. The van der Waals surface area contributed by atoms with Gasteiger partial charge in [0.2, 0.25) is 5.88 Å². The summed E-state index contributed by atoms with van der Waals surface area (Å²) < 4.78 is 6.00. The van der Waals surface area contributed by atoms with Crippen LogP contribution in [0.3, 0.4) is 0 Å². The molecule has 0 fully saturated rings. The van der Waals surface area contributed by atoms with Gasteiger partial charge in [-0.3, -0.25) is 0 Å². The van der Waals surface area contributed by atoms with Crippen molar-refractivity contribution in [3.63, 3.8) is 0 Å². The Bertz CT molecular complexity index is 810. The van der Waals surface area contributed by atoms with Crippen LogP contribution in [0, 0.1) is 13.8 Å². The van der Waals surface area contributed by atoms with Crippen LogP contribution in [-0.2, 0) is 0 Å². The van der Waals surface area contributed by atoms with E-state index in [1.54, 1.807) is 6.07 Å². The molecule has 0 aliphatic carbocycles. The van der Waals surface area contributed by atoms with E-state index >= 15 is 0 Å². The fraction of sp³-hybridized carbons (Fsp3) is 0.125. The highest BCUT2D eigenvalue weighted by molar-refractivity contribution is 6.30. The number of fused-ring (bicyclic) bond motifs is 1. The zero-order chi connectivity index (χ0) is 15.0. The van der Waals surface area contributed by atoms with E-state index in [2.05, 4.69) is 9.97 Å². The summed E-state index contributed by atoms with van der Waals surface area (Å²) in [5.41, 5.74) is 9.18. The number of anilines is 1.